The number of hydrogen-bond donors (Lipinski definition) is 0. The standard InChI is InChI=1S/C15H20N4O4S/c1-5-17(6-2)24(22,23)13-7-8-14(15(10-13)19(20)21)18-12(4)9-11(3)16-18/h7-10H,5-6H2,1-4H3. The topological polar surface area (TPSA) is 98.3 Å². The van der Waals surface area contributed by atoms with Crippen LogP contribution in [0.4, 0.5) is 5.69 Å². The van der Waals surface area contributed by atoms with Gasteiger partial charge in [-0.3, -0.25) is 10.1 Å². The fourth-order valence-electron chi connectivity index (χ4n) is 2.57. The summed E-state index contributed by atoms with van der Waals surface area (Å²) in [5.74, 6) is 0. The van der Waals surface area contributed by atoms with E-state index in [2.05, 4.69) is 5.10 Å². The van der Waals surface area contributed by atoms with Crippen LogP contribution in [-0.4, -0.2) is 40.5 Å². The summed E-state index contributed by atoms with van der Waals surface area (Å²) in [7, 11) is -3.76. The average Bonchev–Trinajstić information content (AvgIpc) is 2.86. The molecule has 0 fully saturated rings. The van der Waals surface area contributed by atoms with Gasteiger partial charge in [0.2, 0.25) is 10.0 Å². The number of nitro benzene ring substituents is 1. The van der Waals surface area contributed by atoms with Crippen molar-refractivity contribution >= 4 is 15.7 Å². The van der Waals surface area contributed by atoms with Crippen LogP contribution < -0.4 is 0 Å². The van der Waals surface area contributed by atoms with Crippen molar-refractivity contribution in [3.05, 3.63) is 45.8 Å². The molecule has 0 saturated heterocycles. The monoisotopic (exact) mass is 352 g/mol. The van der Waals surface area contributed by atoms with Gasteiger partial charge < -0.3 is 0 Å². The molecule has 8 nitrogen and oxygen atoms in total. The molecule has 0 saturated carbocycles. The molecule has 0 N–H and O–H groups in total. The van der Waals surface area contributed by atoms with E-state index in [-0.39, 0.29) is 16.3 Å². The molecule has 130 valence electrons. The van der Waals surface area contributed by atoms with Gasteiger partial charge >= 0.3 is 0 Å². The highest BCUT2D eigenvalue weighted by atomic mass is 32.2. The van der Waals surface area contributed by atoms with Crippen molar-refractivity contribution < 1.29 is 13.3 Å². The van der Waals surface area contributed by atoms with E-state index in [1.165, 1.54) is 21.1 Å². The Morgan fingerprint density at radius 1 is 1.21 bits per heavy atom. The highest BCUT2D eigenvalue weighted by molar-refractivity contribution is 7.89. The minimum Gasteiger partial charge on any atom is -0.258 e. The van der Waals surface area contributed by atoms with Crippen molar-refractivity contribution in [2.75, 3.05) is 13.1 Å². The Balaban J connectivity index is 2.64. The van der Waals surface area contributed by atoms with Crippen molar-refractivity contribution in [2.45, 2.75) is 32.6 Å². The van der Waals surface area contributed by atoms with E-state index in [1.54, 1.807) is 33.8 Å². The second-order valence-corrected chi connectivity index (χ2v) is 7.27. The van der Waals surface area contributed by atoms with Gasteiger partial charge in [0.25, 0.3) is 5.69 Å². The molecule has 0 bridgehead atoms. The minimum absolute atomic E-state index is 0.0943. The van der Waals surface area contributed by atoms with Crippen LogP contribution in [0.3, 0.4) is 0 Å². The molecule has 0 amide bonds. The molecule has 0 radical (unpaired) electrons. The van der Waals surface area contributed by atoms with Gasteiger partial charge in [0, 0.05) is 24.8 Å². The molecule has 2 aromatic rings. The van der Waals surface area contributed by atoms with Crippen LogP contribution in [-0.2, 0) is 10.0 Å². The molecule has 1 aromatic heterocycles. The largest absolute Gasteiger partial charge is 0.296 e. The van der Waals surface area contributed by atoms with Gasteiger partial charge in [-0.2, -0.15) is 9.40 Å². The molecular formula is C15H20N4O4S. The maximum atomic E-state index is 12.6. The highest BCUT2D eigenvalue weighted by Gasteiger charge is 2.26. The Morgan fingerprint density at radius 2 is 1.83 bits per heavy atom. The summed E-state index contributed by atoms with van der Waals surface area (Å²) in [5, 5.41) is 15.7. The number of aryl methyl sites for hydroxylation is 2. The summed E-state index contributed by atoms with van der Waals surface area (Å²) in [6.45, 7) is 7.61. The maximum absolute atomic E-state index is 12.6. The van der Waals surface area contributed by atoms with Crippen molar-refractivity contribution in [1.29, 1.82) is 0 Å². The lowest BCUT2D eigenvalue weighted by Crippen LogP contribution is -2.30. The molecule has 0 aliphatic heterocycles. The predicted octanol–water partition coefficient (Wildman–Crippen LogP) is 2.43. The third kappa shape index (κ3) is 3.17. The predicted molar refractivity (Wildman–Crippen MR) is 89.8 cm³/mol. The summed E-state index contributed by atoms with van der Waals surface area (Å²) in [5.41, 5.74) is 1.40. The Kier molecular flexibility index (Phi) is 5.05. The lowest BCUT2D eigenvalue weighted by molar-refractivity contribution is -0.384. The van der Waals surface area contributed by atoms with E-state index < -0.39 is 14.9 Å². The summed E-state index contributed by atoms with van der Waals surface area (Å²) in [4.78, 5) is 10.8. The minimum atomic E-state index is -3.76. The Hall–Kier alpha value is -2.26. The lowest BCUT2D eigenvalue weighted by atomic mass is 10.2. The zero-order valence-electron chi connectivity index (χ0n) is 14.1. The van der Waals surface area contributed by atoms with Gasteiger partial charge in [-0.05, 0) is 32.0 Å². The Bertz CT molecular complexity index is 870. The number of rotatable bonds is 6. The van der Waals surface area contributed by atoms with Gasteiger partial charge in [0.15, 0.2) is 0 Å². The molecule has 24 heavy (non-hydrogen) atoms. The van der Waals surface area contributed by atoms with E-state index in [0.29, 0.717) is 13.1 Å². The van der Waals surface area contributed by atoms with Gasteiger partial charge in [0.1, 0.15) is 5.69 Å². The highest BCUT2D eigenvalue weighted by Crippen LogP contribution is 2.28. The second-order valence-electron chi connectivity index (χ2n) is 5.34. The molecule has 0 aliphatic carbocycles. The number of aromatic nitrogens is 2. The maximum Gasteiger partial charge on any atom is 0.296 e. The number of nitro groups is 1. The first kappa shape index (κ1) is 18.1. The van der Waals surface area contributed by atoms with Gasteiger partial charge in [-0.1, -0.05) is 13.8 Å². The molecule has 0 unspecified atom stereocenters. The van der Waals surface area contributed by atoms with E-state index in [4.69, 9.17) is 0 Å². The molecule has 9 heteroatoms. The zero-order chi connectivity index (χ0) is 18.1. The van der Waals surface area contributed by atoms with Crippen LogP contribution in [0.25, 0.3) is 5.69 Å². The molecule has 1 aromatic carbocycles. The summed E-state index contributed by atoms with van der Waals surface area (Å²) in [6.07, 6.45) is 0. The van der Waals surface area contributed by atoms with Crippen molar-refractivity contribution in [3.63, 3.8) is 0 Å². The van der Waals surface area contributed by atoms with Crippen LogP contribution >= 0.6 is 0 Å². The van der Waals surface area contributed by atoms with Crippen molar-refractivity contribution in [3.8, 4) is 5.69 Å². The number of hydrogen-bond acceptors (Lipinski definition) is 5. The quantitative estimate of drug-likeness (QED) is 0.587. The van der Waals surface area contributed by atoms with Crippen molar-refractivity contribution in [2.24, 2.45) is 0 Å². The Labute approximate surface area is 140 Å². The van der Waals surface area contributed by atoms with E-state index >= 15 is 0 Å². The second kappa shape index (κ2) is 6.70. The van der Waals surface area contributed by atoms with E-state index in [0.717, 1.165) is 17.5 Å². The normalized spacial score (nSPS) is 11.9. The molecule has 1 heterocycles. The SMILES string of the molecule is CCN(CC)S(=O)(=O)c1ccc(-n2nc(C)cc2C)c([N+](=O)[O-])c1. The van der Waals surface area contributed by atoms with E-state index in [1.807, 2.05) is 0 Å². The van der Waals surface area contributed by atoms with Crippen LogP contribution in [0, 0.1) is 24.0 Å². The van der Waals surface area contributed by atoms with Gasteiger partial charge in [-0.25, -0.2) is 13.1 Å². The van der Waals surface area contributed by atoms with Crippen LogP contribution in [0.1, 0.15) is 25.2 Å². The molecular weight excluding hydrogens is 332 g/mol. The summed E-state index contributed by atoms with van der Waals surface area (Å²) < 4.78 is 27.8. The fraction of sp³-hybridized carbons (Fsp3) is 0.400. The first-order valence-electron chi connectivity index (χ1n) is 7.54. The average molecular weight is 352 g/mol. The van der Waals surface area contributed by atoms with Crippen LogP contribution in [0.15, 0.2) is 29.2 Å². The van der Waals surface area contributed by atoms with Crippen LogP contribution in [0.2, 0.25) is 0 Å². The molecule has 2 rings (SSSR count). The first-order chi connectivity index (χ1) is 11.2. The number of sulfonamides is 1. The Morgan fingerprint density at radius 3 is 2.29 bits per heavy atom. The molecule has 0 aliphatic rings. The smallest absolute Gasteiger partial charge is 0.258 e. The number of benzene rings is 1. The lowest BCUT2D eigenvalue weighted by Gasteiger charge is -2.18. The van der Waals surface area contributed by atoms with Crippen molar-refractivity contribution in [1.82, 2.24) is 14.1 Å². The fourth-order valence-corrected chi connectivity index (χ4v) is 4.05. The van der Waals surface area contributed by atoms with Gasteiger partial charge in [0.05, 0.1) is 15.5 Å². The summed E-state index contributed by atoms with van der Waals surface area (Å²) in [6, 6.07) is 5.70. The first-order valence-corrected chi connectivity index (χ1v) is 8.98. The van der Waals surface area contributed by atoms with Gasteiger partial charge in [-0.15, -0.1) is 0 Å². The van der Waals surface area contributed by atoms with E-state index in [9.17, 15) is 18.5 Å². The zero-order valence-corrected chi connectivity index (χ0v) is 14.9. The molecule has 0 spiro atoms. The number of nitrogens with zero attached hydrogens (tertiary/aromatic N) is 4. The molecule has 0 atom stereocenters. The summed E-state index contributed by atoms with van der Waals surface area (Å²) >= 11 is 0. The third-order valence-electron chi connectivity index (χ3n) is 3.72. The van der Waals surface area contributed by atoms with Crippen LogP contribution in [0.5, 0.6) is 0 Å². The third-order valence-corrected chi connectivity index (χ3v) is 5.77.